The molecule has 3 aromatic rings. The first-order chi connectivity index (χ1) is 8.65. The summed E-state index contributed by atoms with van der Waals surface area (Å²) < 4.78 is 6.42. The number of aryl methyl sites for hydroxylation is 3. The lowest BCUT2D eigenvalue weighted by Crippen LogP contribution is -2.09. The summed E-state index contributed by atoms with van der Waals surface area (Å²) in [5.41, 5.74) is 3.19. The Hall–Kier alpha value is -1.68. The molecule has 0 atom stereocenters. The van der Waals surface area contributed by atoms with Crippen LogP contribution in [0, 0.1) is 6.92 Å². The Morgan fingerprint density at radius 1 is 1.39 bits per heavy atom. The fourth-order valence-corrected chi connectivity index (χ4v) is 3.40. The van der Waals surface area contributed by atoms with E-state index in [1.807, 2.05) is 26.1 Å². The molecule has 3 rings (SSSR count). The van der Waals surface area contributed by atoms with Crippen LogP contribution in [-0.4, -0.2) is 8.94 Å². The first-order valence-corrected chi connectivity index (χ1v) is 6.79. The lowest BCUT2D eigenvalue weighted by Gasteiger charge is -2.10. The molecule has 0 saturated carbocycles. The topological polar surface area (TPSA) is 34.9 Å². The Morgan fingerprint density at radius 3 is 2.89 bits per heavy atom. The summed E-state index contributed by atoms with van der Waals surface area (Å²) in [4.78, 5) is 13.5. The van der Waals surface area contributed by atoms with Gasteiger partial charge < -0.3 is 4.57 Å². The van der Waals surface area contributed by atoms with E-state index in [9.17, 15) is 4.79 Å². The van der Waals surface area contributed by atoms with Crippen molar-refractivity contribution in [3.8, 4) is 0 Å². The van der Waals surface area contributed by atoms with Gasteiger partial charge in [0.25, 0.3) is 0 Å². The number of pyridine rings is 1. The zero-order valence-electron chi connectivity index (χ0n) is 10.7. The van der Waals surface area contributed by atoms with E-state index in [0.29, 0.717) is 0 Å². The van der Waals surface area contributed by atoms with Crippen molar-refractivity contribution in [2.75, 3.05) is 0 Å². The number of rotatable bonds is 1. The van der Waals surface area contributed by atoms with Crippen LogP contribution in [0.1, 0.15) is 18.2 Å². The van der Waals surface area contributed by atoms with Crippen LogP contribution in [0.3, 0.4) is 0 Å². The van der Waals surface area contributed by atoms with Crippen molar-refractivity contribution in [1.29, 1.82) is 0 Å². The third-order valence-electron chi connectivity index (χ3n) is 3.46. The van der Waals surface area contributed by atoms with Crippen LogP contribution < -0.4 is 5.43 Å². The summed E-state index contributed by atoms with van der Waals surface area (Å²) in [5.74, 6) is 0. The number of aromatic nitrogens is 2. The first-order valence-electron chi connectivity index (χ1n) is 6.01. The van der Waals surface area contributed by atoms with Crippen LogP contribution in [0.4, 0.5) is 0 Å². The number of hydrogen-bond donors (Lipinski definition) is 0. The molecule has 0 unspecified atom stereocenters. The highest BCUT2D eigenvalue weighted by molar-refractivity contribution is 7.13. The molecule has 0 N–H and O–H groups in total. The van der Waals surface area contributed by atoms with E-state index in [4.69, 9.17) is 0 Å². The molecule has 4 heteroatoms. The molecule has 92 valence electrons. The van der Waals surface area contributed by atoms with Gasteiger partial charge in [0.1, 0.15) is 4.83 Å². The molecule has 0 fully saturated rings. The molecule has 0 radical (unpaired) electrons. The van der Waals surface area contributed by atoms with E-state index in [-0.39, 0.29) is 5.43 Å². The molecule has 0 aliphatic carbocycles. The monoisotopic (exact) mass is 258 g/mol. The van der Waals surface area contributed by atoms with E-state index >= 15 is 0 Å². The molecule has 2 heterocycles. The van der Waals surface area contributed by atoms with Gasteiger partial charge in [0.2, 0.25) is 0 Å². The van der Waals surface area contributed by atoms with E-state index in [0.717, 1.165) is 33.2 Å². The fourth-order valence-electron chi connectivity index (χ4n) is 2.54. The van der Waals surface area contributed by atoms with Crippen molar-refractivity contribution in [2.45, 2.75) is 20.3 Å². The van der Waals surface area contributed by atoms with E-state index in [2.05, 4.69) is 21.9 Å². The normalized spacial score (nSPS) is 11.5. The second-order valence-corrected chi connectivity index (χ2v) is 5.25. The van der Waals surface area contributed by atoms with E-state index in [1.165, 1.54) is 17.1 Å². The largest absolute Gasteiger partial charge is 0.334 e. The van der Waals surface area contributed by atoms with Gasteiger partial charge in [-0.3, -0.25) is 4.79 Å². The minimum atomic E-state index is 0.111. The summed E-state index contributed by atoms with van der Waals surface area (Å²) in [7, 11) is 2.01. The Bertz CT molecular complexity index is 814. The van der Waals surface area contributed by atoms with Crippen molar-refractivity contribution in [3.05, 3.63) is 39.7 Å². The maximum Gasteiger partial charge on any atom is 0.200 e. The minimum Gasteiger partial charge on any atom is -0.334 e. The van der Waals surface area contributed by atoms with Crippen molar-refractivity contribution in [3.63, 3.8) is 0 Å². The summed E-state index contributed by atoms with van der Waals surface area (Å²) in [6.45, 7) is 4.01. The summed E-state index contributed by atoms with van der Waals surface area (Å²) in [6.07, 6.45) is 0.925. The highest BCUT2D eigenvalue weighted by Gasteiger charge is 2.14. The highest BCUT2D eigenvalue weighted by Crippen LogP contribution is 2.25. The summed E-state index contributed by atoms with van der Waals surface area (Å²) in [5, 5.41) is 1.57. The quantitative estimate of drug-likeness (QED) is 0.672. The van der Waals surface area contributed by atoms with Crippen molar-refractivity contribution >= 4 is 32.7 Å². The SMILES string of the molecule is CCc1cccc2c(=O)c3c(C)nsc3n(C)c12. The maximum absolute atomic E-state index is 12.5. The number of para-hydroxylation sites is 1. The van der Waals surface area contributed by atoms with Gasteiger partial charge >= 0.3 is 0 Å². The summed E-state index contributed by atoms with van der Waals surface area (Å²) >= 11 is 1.40. The Labute approximate surface area is 109 Å². The van der Waals surface area contributed by atoms with Crippen LogP contribution in [0.25, 0.3) is 21.1 Å². The predicted octanol–water partition coefficient (Wildman–Crippen LogP) is 3.02. The molecule has 0 amide bonds. The van der Waals surface area contributed by atoms with Gasteiger partial charge in [-0.15, -0.1) is 0 Å². The first kappa shape index (κ1) is 11.4. The zero-order chi connectivity index (χ0) is 12.9. The molecule has 0 saturated heterocycles. The van der Waals surface area contributed by atoms with Crippen LogP contribution in [-0.2, 0) is 13.5 Å². The van der Waals surface area contributed by atoms with Gasteiger partial charge in [0, 0.05) is 12.4 Å². The summed E-state index contributed by atoms with van der Waals surface area (Å²) in [6, 6.07) is 5.96. The molecular weight excluding hydrogens is 244 g/mol. The van der Waals surface area contributed by atoms with E-state index < -0.39 is 0 Å². The molecule has 0 bridgehead atoms. The molecule has 2 aromatic heterocycles. The Kier molecular flexibility index (Phi) is 2.48. The molecule has 1 aromatic carbocycles. The highest BCUT2D eigenvalue weighted by atomic mass is 32.1. The second-order valence-electron chi connectivity index (χ2n) is 4.50. The number of hydrogen-bond acceptors (Lipinski definition) is 3. The van der Waals surface area contributed by atoms with Gasteiger partial charge in [0.15, 0.2) is 5.43 Å². The zero-order valence-corrected chi connectivity index (χ0v) is 11.5. The Morgan fingerprint density at radius 2 is 2.17 bits per heavy atom. The second kappa shape index (κ2) is 3.92. The smallest absolute Gasteiger partial charge is 0.200 e. The fraction of sp³-hybridized carbons (Fsp3) is 0.286. The molecule has 0 spiro atoms. The van der Waals surface area contributed by atoms with Gasteiger partial charge in [-0.1, -0.05) is 19.1 Å². The lowest BCUT2D eigenvalue weighted by atomic mass is 10.1. The predicted molar refractivity (Wildman–Crippen MR) is 76.5 cm³/mol. The van der Waals surface area contributed by atoms with Gasteiger partial charge in [-0.2, -0.15) is 4.37 Å². The van der Waals surface area contributed by atoms with Gasteiger partial charge in [-0.05, 0) is 36.5 Å². The van der Waals surface area contributed by atoms with Crippen LogP contribution in [0.2, 0.25) is 0 Å². The van der Waals surface area contributed by atoms with Crippen LogP contribution in [0.15, 0.2) is 23.0 Å². The molecule has 0 aliphatic rings. The maximum atomic E-state index is 12.5. The minimum absolute atomic E-state index is 0.111. The van der Waals surface area contributed by atoms with Crippen molar-refractivity contribution < 1.29 is 0 Å². The number of benzene rings is 1. The average Bonchev–Trinajstić information content (AvgIpc) is 2.77. The molecular formula is C14H14N2OS. The van der Waals surface area contributed by atoms with Gasteiger partial charge in [0.05, 0.1) is 16.6 Å². The third kappa shape index (κ3) is 1.35. The van der Waals surface area contributed by atoms with Crippen molar-refractivity contribution in [2.24, 2.45) is 7.05 Å². The number of fused-ring (bicyclic) bond motifs is 2. The molecule has 3 nitrogen and oxygen atoms in total. The number of nitrogens with zero attached hydrogens (tertiary/aromatic N) is 2. The average molecular weight is 258 g/mol. The lowest BCUT2D eigenvalue weighted by molar-refractivity contribution is 0.992. The van der Waals surface area contributed by atoms with Crippen molar-refractivity contribution in [1.82, 2.24) is 8.94 Å². The Balaban J connectivity index is 2.69. The molecule has 0 aliphatic heterocycles. The third-order valence-corrected chi connectivity index (χ3v) is 4.47. The molecule has 18 heavy (non-hydrogen) atoms. The van der Waals surface area contributed by atoms with Gasteiger partial charge in [-0.25, -0.2) is 0 Å². The van der Waals surface area contributed by atoms with E-state index in [1.54, 1.807) is 0 Å². The van der Waals surface area contributed by atoms with Crippen LogP contribution in [0.5, 0.6) is 0 Å². The van der Waals surface area contributed by atoms with Crippen LogP contribution >= 0.6 is 11.5 Å². The standard InChI is InChI=1S/C14H14N2OS/c1-4-9-6-5-7-10-12(9)16(3)14-11(13(10)17)8(2)15-18-14/h5-7H,4H2,1-3H3.